The fourth-order valence-electron chi connectivity index (χ4n) is 1.95. The van der Waals surface area contributed by atoms with E-state index in [9.17, 15) is 4.79 Å². The van der Waals surface area contributed by atoms with Crippen LogP contribution >= 0.6 is 0 Å². The minimum absolute atomic E-state index is 0.0329. The van der Waals surface area contributed by atoms with Crippen LogP contribution in [0.4, 0.5) is 4.79 Å². The summed E-state index contributed by atoms with van der Waals surface area (Å²) < 4.78 is 4.96. The van der Waals surface area contributed by atoms with Gasteiger partial charge in [0.05, 0.1) is 19.2 Å². The lowest BCUT2D eigenvalue weighted by Gasteiger charge is -2.25. The highest BCUT2D eigenvalue weighted by molar-refractivity contribution is 5.80. The molecular weight excluding hydrogens is 280 g/mol. The second-order valence-corrected chi connectivity index (χ2v) is 6.79. The zero-order chi connectivity index (χ0) is 17.2. The van der Waals surface area contributed by atoms with Crippen molar-refractivity contribution in [2.75, 3.05) is 19.7 Å². The lowest BCUT2D eigenvalue weighted by atomic mass is 10.0. The van der Waals surface area contributed by atoms with Crippen LogP contribution in [0.1, 0.15) is 54.9 Å². The summed E-state index contributed by atoms with van der Waals surface area (Å²) in [5.41, 5.74) is -0.0664. The molecule has 0 heterocycles. The normalized spacial score (nSPS) is 13.7. The van der Waals surface area contributed by atoms with Gasteiger partial charge in [0.15, 0.2) is 5.96 Å². The Labute approximate surface area is 135 Å². The van der Waals surface area contributed by atoms with Gasteiger partial charge in [-0.1, -0.05) is 13.8 Å². The molecule has 130 valence electrons. The van der Waals surface area contributed by atoms with Gasteiger partial charge in [0, 0.05) is 12.1 Å². The molecule has 0 saturated carbocycles. The van der Waals surface area contributed by atoms with Gasteiger partial charge in [-0.05, 0) is 47.0 Å². The van der Waals surface area contributed by atoms with E-state index in [0.29, 0.717) is 19.1 Å². The van der Waals surface area contributed by atoms with Crippen molar-refractivity contribution in [1.29, 1.82) is 0 Å². The fraction of sp³-hybridized carbons (Fsp3) is 0.875. The molecule has 0 aliphatic carbocycles. The molecule has 0 fully saturated rings. The number of alkyl carbamates (subject to hydrolysis) is 1. The Morgan fingerprint density at radius 3 is 2.32 bits per heavy atom. The van der Waals surface area contributed by atoms with Gasteiger partial charge < -0.3 is 20.7 Å². The highest BCUT2D eigenvalue weighted by atomic mass is 16.5. The maximum Gasteiger partial charge on any atom is 0.407 e. The first kappa shape index (κ1) is 20.5. The molecule has 0 aromatic rings. The Kier molecular flexibility index (Phi) is 9.61. The number of rotatable bonds is 7. The van der Waals surface area contributed by atoms with Crippen LogP contribution in [0.2, 0.25) is 0 Å². The van der Waals surface area contributed by atoms with Crippen molar-refractivity contribution in [2.45, 2.75) is 66.5 Å². The largest absolute Gasteiger partial charge is 0.450 e. The molecule has 0 saturated heterocycles. The van der Waals surface area contributed by atoms with Gasteiger partial charge in [-0.15, -0.1) is 0 Å². The summed E-state index contributed by atoms with van der Waals surface area (Å²) in [7, 11) is 0. The predicted molar refractivity (Wildman–Crippen MR) is 92.3 cm³/mol. The van der Waals surface area contributed by atoms with E-state index >= 15 is 0 Å². The smallest absolute Gasteiger partial charge is 0.407 e. The molecule has 1 amide bonds. The first-order valence-electron chi connectivity index (χ1n) is 8.17. The van der Waals surface area contributed by atoms with E-state index in [2.05, 4.69) is 55.6 Å². The molecule has 0 aromatic carbocycles. The van der Waals surface area contributed by atoms with Crippen LogP contribution in [-0.2, 0) is 4.74 Å². The van der Waals surface area contributed by atoms with Crippen molar-refractivity contribution < 1.29 is 9.53 Å². The zero-order valence-electron chi connectivity index (χ0n) is 15.2. The van der Waals surface area contributed by atoms with Gasteiger partial charge in [0.2, 0.25) is 0 Å². The first-order chi connectivity index (χ1) is 10.2. The maximum atomic E-state index is 11.6. The third kappa shape index (κ3) is 11.2. The molecular formula is C16H34N4O2. The molecule has 0 spiro atoms. The Bertz CT molecular complexity index is 349. The summed E-state index contributed by atoms with van der Waals surface area (Å²) in [5, 5.41) is 9.45. The van der Waals surface area contributed by atoms with Gasteiger partial charge in [-0.3, -0.25) is 4.99 Å². The lowest BCUT2D eigenvalue weighted by Crippen LogP contribution is -2.48. The Morgan fingerprint density at radius 2 is 1.86 bits per heavy atom. The van der Waals surface area contributed by atoms with Crippen LogP contribution < -0.4 is 16.0 Å². The van der Waals surface area contributed by atoms with E-state index in [1.165, 1.54) is 0 Å². The number of carbonyl (C=O) groups excluding carboxylic acids is 1. The van der Waals surface area contributed by atoms with Crippen LogP contribution in [0, 0.1) is 5.92 Å². The van der Waals surface area contributed by atoms with Crippen molar-refractivity contribution in [3.05, 3.63) is 0 Å². The lowest BCUT2D eigenvalue weighted by molar-refractivity contribution is 0.147. The van der Waals surface area contributed by atoms with Crippen molar-refractivity contribution >= 4 is 12.1 Å². The highest BCUT2D eigenvalue weighted by Crippen LogP contribution is 2.06. The van der Waals surface area contributed by atoms with E-state index in [0.717, 1.165) is 18.9 Å². The monoisotopic (exact) mass is 314 g/mol. The second kappa shape index (κ2) is 10.3. The number of amides is 1. The predicted octanol–water partition coefficient (Wildman–Crippen LogP) is 2.50. The molecule has 0 aliphatic rings. The standard InChI is InChI=1S/C16H34N4O2/c1-8-17-14(20-16(5,6)7)18-11-13(10-12(3)4)19-15(21)22-9-2/h12-13H,8-11H2,1-7H3,(H,19,21)(H2,17,18,20). The molecule has 0 radical (unpaired) electrons. The van der Waals surface area contributed by atoms with E-state index in [-0.39, 0.29) is 17.7 Å². The number of nitrogens with one attached hydrogen (secondary N) is 3. The van der Waals surface area contributed by atoms with E-state index in [1.807, 2.05) is 6.92 Å². The molecule has 22 heavy (non-hydrogen) atoms. The third-order valence-electron chi connectivity index (χ3n) is 2.66. The zero-order valence-corrected chi connectivity index (χ0v) is 15.2. The Hall–Kier alpha value is -1.46. The molecule has 6 heteroatoms. The van der Waals surface area contributed by atoms with E-state index < -0.39 is 0 Å². The van der Waals surface area contributed by atoms with Crippen LogP contribution in [-0.4, -0.2) is 43.3 Å². The van der Waals surface area contributed by atoms with Gasteiger partial charge in [0.25, 0.3) is 0 Å². The number of aliphatic imine (C=N–C) groups is 1. The fourth-order valence-corrected chi connectivity index (χ4v) is 1.95. The number of carbonyl (C=O) groups is 1. The Balaban J connectivity index is 4.77. The highest BCUT2D eigenvalue weighted by Gasteiger charge is 2.16. The summed E-state index contributed by atoms with van der Waals surface area (Å²) in [4.78, 5) is 16.2. The van der Waals surface area contributed by atoms with Crippen LogP contribution in [0.3, 0.4) is 0 Å². The Morgan fingerprint density at radius 1 is 1.23 bits per heavy atom. The molecule has 6 nitrogen and oxygen atoms in total. The number of hydrogen-bond acceptors (Lipinski definition) is 3. The average molecular weight is 314 g/mol. The molecule has 0 aliphatic heterocycles. The van der Waals surface area contributed by atoms with Crippen molar-refractivity contribution in [2.24, 2.45) is 10.9 Å². The third-order valence-corrected chi connectivity index (χ3v) is 2.66. The summed E-state index contributed by atoms with van der Waals surface area (Å²) >= 11 is 0. The summed E-state index contributed by atoms with van der Waals surface area (Å²) in [5.74, 6) is 1.23. The number of hydrogen-bond donors (Lipinski definition) is 3. The van der Waals surface area contributed by atoms with Gasteiger partial charge in [-0.25, -0.2) is 4.79 Å². The summed E-state index contributed by atoms with van der Waals surface area (Å²) in [6, 6.07) is -0.0329. The molecule has 0 rings (SSSR count). The first-order valence-corrected chi connectivity index (χ1v) is 8.17. The number of nitrogens with zero attached hydrogens (tertiary/aromatic N) is 1. The quantitative estimate of drug-likeness (QED) is 0.498. The SMILES string of the molecule is CCNC(=NCC(CC(C)C)NC(=O)OCC)NC(C)(C)C. The van der Waals surface area contributed by atoms with Crippen LogP contribution in [0.15, 0.2) is 4.99 Å². The minimum atomic E-state index is -0.378. The summed E-state index contributed by atoms with van der Waals surface area (Å²) in [6.07, 6.45) is 0.481. The molecule has 0 aromatic heterocycles. The summed E-state index contributed by atoms with van der Waals surface area (Å²) in [6.45, 7) is 16.0. The van der Waals surface area contributed by atoms with Crippen molar-refractivity contribution in [1.82, 2.24) is 16.0 Å². The van der Waals surface area contributed by atoms with Crippen LogP contribution in [0.25, 0.3) is 0 Å². The molecule has 3 N–H and O–H groups in total. The number of ether oxygens (including phenoxy) is 1. The molecule has 1 unspecified atom stereocenters. The van der Waals surface area contributed by atoms with Crippen LogP contribution in [0.5, 0.6) is 0 Å². The minimum Gasteiger partial charge on any atom is -0.450 e. The second-order valence-electron chi connectivity index (χ2n) is 6.79. The molecule has 0 bridgehead atoms. The van der Waals surface area contributed by atoms with Gasteiger partial charge >= 0.3 is 6.09 Å². The van der Waals surface area contributed by atoms with E-state index in [1.54, 1.807) is 6.92 Å². The number of guanidine groups is 1. The van der Waals surface area contributed by atoms with Crippen molar-refractivity contribution in [3.8, 4) is 0 Å². The van der Waals surface area contributed by atoms with Crippen molar-refractivity contribution in [3.63, 3.8) is 0 Å². The average Bonchev–Trinajstić information content (AvgIpc) is 2.33. The van der Waals surface area contributed by atoms with Gasteiger partial charge in [-0.2, -0.15) is 0 Å². The van der Waals surface area contributed by atoms with E-state index in [4.69, 9.17) is 4.74 Å². The van der Waals surface area contributed by atoms with Gasteiger partial charge in [0.1, 0.15) is 0 Å². The topological polar surface area (TPSA) is 74.8 Å². The maximum absolute atomic E-state index is 11.6. The molecule has 1 atom stereocenters.